The molecule has 0 spiro atoms. The minimum absolute atomic E-state index is 0.546. The van der Waals surface area contributed by atoms with E-state index in [4.69, 9.17) is 0 Å². The lowest BCUT2D eigenvalue weighted by atomic mass is 10.1. The van der Waals surface area contributed by atoms with Gasteiger partial charge in [0.05, 0.1) is 5.69 Å². The van der Waals surface area contributed by atoms with Crippen molar-refractivity contribution in [3.05, 3.63) is 66.5 Å². The predicted molar refractivity (Wildman–Crippen MR) is 79.7 cm³/mol. The zero-order chi connectivity index (χ0) is 13.8. The molecule has 0 saturated carbocycles. The van der Waals surface area contributed by atoms with Gasteiger partial charge in [-0.3, -0.25) is 0 Å². The van der Waals surface area contributed by atoms with E-state index in [1.807, 2.05) is 55.5 Å². The van der Waals surface area contributed by atoms with Gasteiger partial charge in [-0.2, -0.15) is 0 Å². The van der Waals surface area contributed by atoms with Crippen molar-refractivity contribution >= 4 is 11.8 Å². The largest absolute Gasteiger partial charge is 0.309 e. The van der Waals surface area contributed by atoms with Crippen LogP contribution in [0.1, 0.15) is 5.56 Å². The molecule has 0 atom stereocenters. The van der Waals surface area contributed by atoms with Gasteiger partial charge in [0.25, 0.3) is 0 Å². The van der Waals surface area contributed by atoms with Crippen molar-refractivity contribution in [3.63, 3.8) is 0 Å². The summed E-state index contributed by atoms with van der Waals surface area (Å²) in [7, 11) is 0. The Bertz CT molecular complexity index is 710. The van der Waals surface area contributed by atoms with Crippen LogP contribution in [0.15, 0.2) is 60.9 Å². The van der Waals surface area contributed by atoms with Crippen LogP contribution in [0, 0.1) is 6.92 Å². The van der Waals surface area contributed by atoms with Gasteiger partial charge in [-0.25, -0.2) is 15.0 Å². The Kier molecular flexibility index (Phi) is 3.37. The second-order valence-electron chi connectivity index (χ2n) is 4.47. The van der Waals surface area contributed by atoms with Gasteiger partial charge in [-0.05, 0) is 30.7 Å². The lowest BCUT2D eigenvalue weighted by Crippen LogP contribution is -1.99. The fourth-order valence-electron chi connectivity index (χ4n) is 1.91. The molecule has 0 amide bonds. The topological polar surface area (TPSA) is 50.7 Å². The van der Waals surface area contributed by atoms with E-state index >= 15 is 0 Å². The van der Waals surface area contributed by atoms with Crippen molar-refractivity contribution in [2.24, 2.45) is 0 Å². The molecule has 2 aromatic heterocycles. The molecule has 0 aliphatic rings. The third kappa shape index (κ3) is 2.80. The maximum absolute atomic E-state index is 4.51. The maximum Gasteiger partial charge on any atom is 0.228 e. The van der Waals surface area contributed by atoms with Crippen LogP contribution in [0.3, 0.4) is 0 Å². The molecule has 4 heteroatoms. The molecule has 1 N–H and O–H groups in total. The summed E-state index contributed by atoms with van der Waals surface area (Å²) in [5.74, 6) is 1.29. The van der Waals surface area contributed by atoms with Gasteiger partial charge in [0, 0.05) is 18.0 Å². The zero-order valence-electron chi connectivity index (χ0n) is 11.1. The molecule has 4 nitrogen and oxygen atoms in total. The van der Waals surface area contributed by atoms with Gasteiger partial charge in [-0.1, -0.05) is 30.3 Å². The Labute approximate surface area is 117 Å². The van der Waals surface area contributed by atoms with Crippen molar-refractivity contribution in [1.29, 1.82) is 0 Å². The maximum atomic E-state index is 4.51. The monoisotopic (exact) mass is 262 g/mol. The van der Waals surface area contributed by atoms with E-state index < -0.39 is 0 Å². The van der Waals surface area contributed by atoms with Crippen LogP contribution in [0.5, 0.6) is 0 Å². The number of nitrogens with one attached hydrogen (secondary N) is 1. The summed E-state index contributed by atoms with van der Waals surface area (Å²) < 4.78 is 0. The summed E-state index contributed by atoms with van der Waals surface area (Å²) in [4.78, 5) is 13.0. The van der Waals surface area contributed by atoms with Crippen LogP contribution in [-0.2, 0) is 0 Å². The minimum atomic E-state index is 0.546. The molecule has 0 fully saturated rings. The van der Waals surface area contributed by atoms with Crippen LogP contribution in [0.2, 0.25) is 0 Å². The Morgan fingerprint density at radius 3 is 2.50 bits per heavy atom. The predicted octanol–water partition coefficient (Wildman–Crippen LogP) is 3.59. The summed E-state index contributed by atoms with van der Waals surface area (Å²) in [6.07, 6.45) is 3.51. The first-order chi connectivity index (χ1) is 9.81. The number of rotatable bonds is 3. The number of aryl methyl sites for hydroxylation is 1. The van der Waals surface area contributed by atoms with Gasteiger partial charge in [0.15, 0.2) is 0 Å². The number of anilines is 2. The van der Waals surface area contributed by atoms with E-state index in [1.54, 1.807) is 12.4 Å². The normalized spacial score (nSPS) is 10.2. The van der Waals surface area contributed by atoms with E-state index in [0.717, 1.165) is 22.6 Å². The van der Waals surface area contributed by atoms with Crippen LogP contribution in [-0.4, -0.2) is 15.0 Å². The van der Waals surface area contributed by atoms with Crippen molar-refractivity contribution in [2.75, 3.05) is 5.32 Å². The van der Waals surface area contributed by atoms with Crippen molar-refractivity contribution < 1.29 is 0 Å². The molecule has 20 heavy (non-hydrogen) atoms. The number of aromatic nitrogens is 3. The molecule has 2 heterocycles. The number of hydrogen-bond donors (Lipinski definition) is 1. The second kappa shape index (κ2) is 5.48. The fraction of sp³-hybridized carbons (Fsp3) is 0.0625. The second-order valence-corrected chi connectivity index (χ2v) is 4.47. The molecule has 0 aliphatic carbocycles. The summed E-state index contributed by atoms with van der Waals surface area (Å²) in [5.41, 5.74) is 3.09. The molecule has 98 valence electrons. The standard InChI is InChI=1S/C16H14N4/c1-12-7-9-17-15(11-12)20-16-18-10-8-14(19-16)13-5-3-2-4-6-13/h2-11H,1H3,(H,17,18,19,20). The smallest absolute Gasteiger partial charge is 0.228 e. The van der Waals surface area contributed by atoms with Gasteiger partial charge in [0.1, 0.15) is 5.82 Å². The van der Waals surface area contributed by atoms with Crippen molar-refractivity contribution in [1.82, 2.24) is 15.0 Å². The van der Waals surface area contributed by atoms with Crippen LogP contribution >= 0.6 is 0 Å². The molecule has 0 radical (unpaired) electrons. The summed E-state index contributed by atoms with van der Waals surface area (Å²) in [6.45, 7) is 2.02. The molecule has 0 bridgehead atoms. The third-order valence-corrected chi connectivity index (χ3v) is 2.88. The number of benzene rings is 1. The summed E-state index contributed by atoms with van der Waals surface area (Å²) in [5, 5.41) is 3.12. The number of hydrogen-bond acceptors (Lipinski definition) is 4. The summed E-state index contributed by atoms with van der Waals surface area (Å²) >= 11 is 0. The van der Waals surface area contributed by atoms with E-state index in [0.29, 0.717) is 5.95 Å². The SMILES string of the molecule is Cc1ccnc(Nc2nccc(-c3ccccc3)n2)c1. The Morgan fingerprint density at radius 2 is 1.70 bits per heavy atom. The fourth-order valence-corrected chi connectivity index (χ4v) is 1.91. The van der Waals surface area contributed by atoms with Crippen LogP contribution < -0.4 is 5.32 Å². The summed E-state index contributed by atoms with van der Waals surface area (Å²) in [6, 6.07) is 15.8. The average molecular weight is 262 g/mol. The molecular formula is C16H14N4. The van der Waals surface area contributed by atoms with Gasteiger partial charge in [0.2, 0.25) is 5.95 Å². The Balaban J connectivity index is 1.88. The molecular weight excluding hydrogens is 248 g/mol. The molecule has 1 aromatic carbocycles. The van der Waals surface area contributed by atoms with Gasteiger partial charge in [-0.15, -0.1) is 0 Å². The van der Waals surface area contributed by atoms with E-state index in [-0.39, 0.29) is 0 Å². The first-order valence-corrected chi connectivity index (χ1v) is 6.39. The van der Waals surface area contributed by atoms with Gasteiger partial charge >= 0.3 is 0 Å². The highest BCUT2D eigenvalue weighted by atomic mass is 15.1. The Hall–Kier alpha value is -2.75. The first kappa shape index (κ1) is 12.3. The van der Waals surface area contributed by atoms with Crippen molar-refractivity contribution in [3.8, 4) is 11.3 Å². The van der Waals surface area contributed by atoms with E-state index in [9.17, 15) is 0 Å². The molecule has 0 aliphatic heterocycles. The molecule has 3 aromatic rings. The highest BCUT2D eigenvalue weighted by molar-refractivity contribution is 5.61. The minimum Gasteiger partial charge on any atom is -0.309 e. The highest BCUT2D eigenvalue weighted by Gasteiger charge is 2.03. The van der Waals surface area contributed by atoms with E-state index in [1.165, 1.54) is 0 Å². The number of nitrogens with zero attached hydrogens (tertiary/aromatic N) is 3. The molecule has 0 saturated heterocycles. The molecule has 0 unspecified atom stereocenters. The lowest BCUT2D eigenvalue weighted by Gasteiger charge is -2.06. The highest BCUT2D eigenvalue weighted by Crippen LogP contribution is 2.18. The lowest BCUT2D eigenvalue weighted by molar-refractivity contribution is 1.15. The van der Waals surface area contributed by atoms with Gasteiger partial charge < -0.3 is 5.32 Å². The first-order valence-electron chi connectivity index (χ1n) is 6.39. The van der Waals surface area contributed by atoms with Crippen molar-refractivity contribution in [2.45, 2.75) is 6.92 Å². The van der Waals surface area contributed by atoms with Crippen LogP contribution in [0.4, 0.5) is 11.8 Å². The number of pyridine rings is 1. The zero-order valence-corrected chi connectivity index (χ0v) is 11.1. The Morgan fingerprint density at radius 1 is 0.900 bits per heavy atom. The third-order valence-electron chi connectivity index (χ3n) is 2.88. The average Bonchev–Trinajstić information content (AvgIpc) is 2.48. The molecule has 3 rings (SSSR count). The van der Waals surface area contributed by atoms with E-state index in [2.05, 4.69) is 20.3 Å². The van der Waals surface area contributed by atoms with Crippen LogP contribution in [0.25, 0.3) is 11.3 Å². The quantitative estimate of drug-likeness (QED) is 0.783.